The highest BCUT2D eigenvalue weighted by Gasteiger charge is 2.15. The van der Waals surface area contributed by atoms with Crippen LogP contribution in [0, 0.1) is 0 Å². The summed E-state index contributed by atoms with van der Waals surface area (Å²) < 4.78 is 6.56. The minimum atomic E-state index is -0.830. The van der Waals surface area contributed by atoms with Crippen LogP contribution in [0.2, 0.25) is 0 Å². The molecular weight excluding hydrogens is 170 g/mol. The summed E-state index contributed by atoms with van der Waals surface area (Å²) in [5, 5.41) is 17.2. The van der Waals surface area contributed by atoms with Crippen molar-refractivity contribution >= 4 is 0 Å². The van der Waals surface area contributed by atoms with Crippen LogP contribution < -0.4 is 0 Å². The molecular formula is C8H9N3O2. The average molecular weight is 179 g/mol. The fraction of sp³-hybridized carbons (Fsp3) is 0.250. The van der Waals surface area contributed by atoms with E-state index in [1.807, 2.05) is 0 Å². The third-order valence-corrected chi connectivity index (χ3v) is 1.71. The minimum absolute atomic E-state index is 0.473. The summed E-state index contributed by atoms with van der Waals surface area (Å²) in [5.41, 5.74) is 0.484. The Bertz CT molecular complexity index is 380. The quantitative estimate of drug-likeness (QED) is 0.728. The van der Waals surface area contributed by atoms with Crippen molar-refractivity contribution in [3.05, 3.63) is 36.0 Å². The van der Waals surface area contributed by atoms with Gasteiger partial charge >= 0.3 is 0 Å². The van der Waals surface area contributed by atoms with Crippen LogP contribution in [0.1, 0.15) is 17.6 Å². The highest BCUT2D eigenvalue weighted by atomic mass is 16.4. The Kier molecular flexibility index (Phi) is 1.86. The van der Waals surface area contributed by atoms with Crippen molar-refractivity contribution in [2.75, 3.05) is 0 Å². The summed E-state index contributed by atoms with van der Waals surface area (Å²) in [6.45, 7) is 0. The number of aryl methyl sites for hydroxylation is 1. The van der Waals surface area contributed by atoms with Gasteiger partial charge in [0, 0.05) is 7.05 Å². The molecule has 0 aliphatic rings. The van der Waals surface area contributed by atoms with E-state index in [-0.39, 0.29) is 0 Å². The summed E-state index contributed by atoms with van der Waals surface area (Å²) >= 11 is 0. The van der Waals surface area contributed by atoms with Crippen molar-refractivity contribution in [3.8, 4) is 0 Å². The predicted molar refractivity (Wildman–Crippen MR) is 43.8 cm³/mol. The number of hydrogen-bond donors (Lipinski definition) is 1. The molecule has 1 unspecified atom stereocenters. The molecule has 1 atom stereocenters. The Morgan fingerprint density at radius 1 is 1.62 bits per heavy atom. The first kappa shape index (κ1) is 8.00. The second-order valence-electron chi connectivity index (χ2n) is 2.74. The Labute approximate surface area is 74.6 Å². The molecule has 0 bridgehead atoms. The molecule has 2 aromatic rings. The van der Waals surface area contributed by atoms with Crippen molar-refractivity contribution < 1.29 is 9.52 Å². The Morgan fingerprint density at radius 2 is 2.46 bits per heavy atom. The van der Waals surface area contributed by atoms with Gasteiger partial charge in [-0.15, -0.1) is 5.10 Å². The molecule has 0 radical (unpaired) electrons. The fourth-order valence-corrected chi connectivity index (χ4v) is 1.08. The molecule has 2 rings (SSSR count). The molecule has 0 aliphatic carbocycles. The van der Waals surface area contributed by atoms with Gasteiger partial charge in [-0.05, 0) is 12.1 Å². The molecule has 13 heavy (non-hydrogen) atoms. The molecule has 2 heterocycles. The maximum Gasteiger partial charge on any atom is 0.157 e. The normalized spacial score (nSPS) is 13.1. The van der Waals surface area contributed by atoms with Gasteiger partial charge in [-0.1, -0.05) is 5.21 Å². The second-order valence-corrected chi connectivity index (χ2v) is 2.74. The molecule has 68 valence electrons. The van der Waals surface area contributed by atoms with Crippen LogP contribution in [-0.4, -0.2) is 20.1 Å². The largest absolute Gasteiger partial charge is 0.466 e. The summed E-state index contributed by atoms with van der Waals surface area (Å²) in [4.78, 5) is 0. The van der Waals surface area contributed by atoms with Gasteiger partial charge in [0.1, 0.15) is 11.5 Å². The fourth-order valence-electron chi connectivity index (χ4n) is 1.08. The summed E-state index contributed by atoms with van der Waals surface area (Å²) in [6, 6.07) is 3.41. The van der Waals surface area contributed by atoms with Gasteiger partial charge in [0.05, 0.1) is 12.5 Å². The van der Waals surface area contributed by atoms with Gasteiger partial charge in [-0.25, -0.2) is 0 Å². The average Bonchev–Trinajstić information content (AvgIpc) is 2.72. The highest BCUT2D eigenvalue weighted by Crippen LogP contribution is 2.19. The maximum atomic E-state index is 9.68. The molecule has 0 saturated heterocycles. The van der Waals surface area contributed by atoms with Gasteiger partial charge in [0.15, 0.2) is 6.10 Å². The second kappa shape index (κ2) is 3.02. The van der Waals surface area contributed by atoms with Crippen LogP contribution in [0.3, 0.4) is 0 Å². The number of nitrogens with zero attached hydrogens (tertiary/aromatic N) is 3. The molecule has 0 spiro atoms. The molecule has 0 amide bonds. The zero-order valence-corrected chi connectivity index (χ0v) is 7.08. The molecule has 0 aromatic carbocycles. The SMILES string of the molecule is Cn1cc(C(O)c2ccco2)nn1. The van der Waals surface area contributed by atoms with E-state index in [0.29, 0.717) is 11.5 Å². The summed E-state index contributed by atoms with van der Waals surface area (Å²) in [6.07, 6.45) is 2.32. The van der Waals surface area contributed by atoms with E-state index in [9.17, 15) is 5.11 Å². The van der Waals surface area contributed by atoms with Crippen LogP contribution in [-0.2, 0) is 7.05 Å². The summed E-state index contributed by atoms with van der Waals surface area (Å²) in [5.74, 6) is 0.473. The van der Waals surface area contributed by atoms with Crippen molar-refractivity contribution in [2.24, 2.45) is 7.05 Å². The molecule has 0 aliphatic heterocycles. The third-order valence-electron chi connectivity index (χ3n) is 1.71. The van der Waals surface area contributed by atoms with E-state index >= 15 is 0 Å². The molecule has 5 heteroatoms. The zero-order chi connectivity index (χ0) is 9.26. The van der Waals surface area contributed by atoms with Gasteiger partial charge in [-0.3, -0.25) is 4.68 Å². The minimum Gasteiger partial charge on any atom is -0.466 e. The number of rotatable bonds is 2. The lowest BCUT2D eigenvalue weighted by Gasteiger charge is -2.01. The van der Waals surface area contributed by atoms with E-state index in [1.165, 1.54) is 10.9 Å². The van der Waals surface area contributed by atoms with E-state index < -0.39 is 6.10 Å². The smallest absolute Gasteiger partial charge is 0.157 e. The van der Waals surface area contributed by atoms with Gasteiger partial charge in [-0.2, -0.15) is 0 Å². The number of furan rings is 1. The number of aliphatic hydroxyl groups is 1. The van der Waals surface area contributed by atoms with Crippen LogP contribution in [0.25, 0.3) is 0 Å². The van der Waals surface area contributed by atoms with Crippen LogP contribution in [0.4, 0.5) is 0 Å². The van der Waals surface area contributed by atoms with Gasteiger partial charge in [0.25, 0.3) is 0 Å². The van der Waals surface area contributed by atoms with Crippen molar-refractivity contribution in [1.29, 1.82) is 0 Å². The van der Waals surface area contributed by atoms with Crippen molar-refractivity contribution in [1.82, 2.24) is 15.0 Å². The van der Waals surface area contributed by atoms with Crippen molar-refractivity contribution in [3.63, 3.8) is 0 Å². The first-order chi connectivity index (χ1) is 6.27. The van der Waals surface area contributed by atoms with Gasteiger partial charge in [0.2, 0.25) is 0 Å². The molecule has 5 nitrogen and oxygen atoms in total. The lowest BCUT2D eigenvalue weighted by Crippen LogP contribution is -1.98. The first-order valence-electron chi connectivity index (χ1n) is 3.85. The summed E-state index contributed by atoms with van der Waals surface area (Å²) in [7, 11) is 1.74. The number of aromatic nitrogens is 3. The van der Waals surface area contributed by atoms with Crippen LogP contribution >= 0.6 is 0 Å². The van der Waals surface area contributed by atoms with E-state index in [0.717, 1.165) is 0 Å². The predicted octanol–water partition coefficient (Wildman–Crippen LogP) is 0.490. The molecule has 1 N–H and O–H groups in total. The van der Waals surface area contributed by atoms with E-state index in [4.69, 9.17) is 4.42 Å². The molecule has 0 saturated carbocycles. The lowest BCUT2D eigenvalue weighted by molar-refractivity contribution is 0.184. The Hall–Kier alpha value is -1.62. The van der Waals surface area contributed by atoms with Crippen LogP contribution in [0.15, 0.2) is 29.0 Å². The molecule has 0 fully saturated rings. The first-order valence-corrected chi connectivity index (χ1v) is 3.85. The Morgan fingerprint density at radius 3 is 3.00 bits per heavy atom. The van der Waals surface area contributed by atoms with Gasteiger partial charge < -0.3 is 9.52 Å². The van der Waals surface area contributed by atoms with E-state index in [2.05, 4.69) is 10.3 Å². The van der Waals surface area contributed by atoms with Crippen LogP contribution in [0.5, 0.6) is 0 Å². The van der Waals surface area contributed by atoms with Crippen molar-refractivity contribution in [2.45, 2.75) is 6.10 Å². The Balaban J connectivity index is 2.28. The topological polar surface area (TPSA) is 64.1 Å². The highest BCUT2D eigenvalue weighted by molar-refractivity contribution is 5.13. The molecule has 2 aromatic heterocycles. The number of aliphatic hydroxyl groups excluding tert-OH is 1. The monoisotopic (exact) mass is 179 g/mol. The number of hydrogen-bond acceptors (Lipinski definition) is 4. The van der Waals surface area contributed by atoms with E-state index in [1.54, 1.807) is 25.4 Å². The maximum absolute atomic E-state index is 9.68. The third kappa shape index (κ3) is 1.46. The lowest BCUT2D eigenvalue weighted by atomic mass is 10.2. The zero-order valence-electron chi connectivity index (χ0n) is 7.08. The standard InChI is InChI=1S/C8H9N3O2/c1-11-5-6(9-10-11)8(12)7-3-2-4-13-7/h2-5,8,12H,1H3.